The molecule has 8 nitrogen and oxygen atoms in total. The van der Waals surface area contributed by atoms with Crippen molar-refractivity contribution in [2.45, 2.75) is 17.0 Å². The number of hydrogen-bond donors (Lipinski definition) is 2. The normalized spacial score (nSPS) is 23.1. The summed E-state index contributed by atoms with van der Waals surface area (Å²) < 4.78 is 25.9. The van der Waals surface area contributed by atoms with E-state index < -0.39 is 27.1 Å². The fraction of sp³-hybridized carbons (Fsp3) is 0.455. The van der Waals surface area contributed by atoms with Gasteiger partial charge in [-0.2, -0.15) is 4.31 Å². The molecule has 2 N–H and O–H groups in total. The Bertz CT molecular complexity index is 618. The summed E-state index contributed by atoms with van der Waals surface area (Å²) in [6.45, 7) is 0.658. The number of sulfonamides is 1. The first-order chi connectivity index (χ1) is 9.34. The summed E-state index contributed by atoms with van der Waals surface area (Å²) in [5.41, 5.74) is -0.287. The van der Waals surface area contributed by atoms with E-state index in [4.69, 9.17) is 0 Å². The second-order valence-corrected chi connectivity index (χ2v) is 6.57. The molecule has 2 atom stereocenters. The third-order valence-corrected chi connectivity index (χ3v) is 5.20. The number of nitro benzene ring substituents is 1. The van der Waals surface area contributed by atoms with Crippen molar-refractivity contribution in [1.29, 1.82) is 0 Å². The quantitative estimate of drug-likeness (QED) is 0.575. The maximum Gasteiger partial charge on any atom is 0.270 e. The van der Waals surface area contributed by atoms with Gasteiger partial charge in [-0.05, 0) is 6.07 Å². The van der Waals surface area contributed by atoms with Gasteiger partial charge in [0.2, 0.25) is 10.0 Å². The van der Waals surface area contributed by atoms with Crippen molar-refractivity contribution in [3.63, 3.8) is 0 Å². The van der Waals surface area contributed by atoms with Gasteiger partial charge in [0, 0.05) is 32.3 Å². The predicted octanol–water partition coefficient (Wildman–Crippen LogP) is -0.452. The van der Waals surface area contributed by atoms with Crippen molar-refractivity contribution in [3.8, 4) is 0 Å². The Labute approximate surface area is 116 Å². The molecule has 0 amide bonds. The van der Waals surface area contributed by atoms with Gasteiger partial charge in [-0.15, -0.1) is 0 Å². The molecule has 0 spiro atoms. The largest absolute Gasteiger partial charge is 0.390 e. The number of benzene rings is 1. The van der Waals surface area contributed by atoms with Crippen LogP contribution in [0, 0.1) is 10.1 Å². The molecule has 0 saturated carbocycles. The summed E-state index contributed by atoms with van der Waals surface area (Å²) in [5, 5.41) is 23.3. The Morgan fingerprint density at radius 3 is 2.70 bits per heavy atom. The molecule has 1 saturated heterocycles. The van der Waals surface area contributed by atoms with Crippen LogP contribution in [-0.4, -0.2) is 55.0 Å². The Morgan fingerprint density at radius 2 is 2.15 bits per heavy atom. The fourth-order valence-corrected chi connectivity index (χ4v) is 3.55. The van der Waals surface area contributed by atoms with Gasteiger partial charge in [-0.1, -0.05) is 6.07 Å². The lowest BCUT2D eigenvalue weighted by Crippen LogP contribution is -2.44. The summed E-state index contributed by atoms with van der Waals surface area (Å²) in [6, 6.07) is 4.28. The number of aliphatic hydroxyl groups excluding tert-OH is 1. The molecule has 9 heteroatoms. The van der Waals surface area contributed by atoms with Gasteiger partial charge in [-0.3, -0.25) is 10.1 Å². The molecular weight excluding hydrogens is 286 g/mol. The summed E-state index contributed by atoms with van der Waals surface area (Å²) in [6.07, 6.45) is -0.798. The number of likely N-dealkylation sites (N-methyl/N-ethyl adjacent to an activating group) is 1. The topological polar surface area (TPSA) is 113 Å². The van der Waals surface area contributed by atoms with Crippen LogP contribution in [0.3, 0.4) is 0 Å². The number of aliphatic hydroxyl groups is 1. The average Bonchev–Trinajstić information content (AvgIpc) is 2.84. The van der Waals surface area contributed by atoms with Crippen LogP contribution < -0.4 is 5.32 Å². The highest BCUT2D eigenvalue weighted by molar-refractivity contribution is 7.89. The molecule has 1 aliphatic heterocycles. The van der Waals surface area contributed by atoms with Crippen LogP contribution in [0.1, 0.15) is 0 Å². The zero-order valence-corrected chi connectivity index (χ0v) is 11.6. The van der Waals surface area contributed by atoms with Crippen LogP contribution in [0.2, 0.25) is 0 Å². The van der Waals surface area contributed by atoms with E-state index >= 15 is 0 Å². The first-order valence-electron chi connectivity index (χ1n) is 5.95. The Morgan fingerprint density at radius 1 is 1.45 bits per heavy atom. The highest BCUT2D eigenvalue weighted by atomic mass is 32.2. The van der Waals surface area contributed by atoms with E-state index in [9.17, 15) is 23.6 Å². The number of nitro groups is 1. The van der Waals surface area contributed by atoms with Gasteiger partial charge in [0.25, 0.3) is 5.69 Å². The first-order valence-corrected chi connectivity index (χ1v) is 7.39. The smallest absolute Gasteiger partial charge is 0.270 e. The molecular formula is C11H15N3O5S. The Hall–Kier alpha value is -1.55. The maximum absolute atomic E-state index is 12.4. The van der Waals surface area contributed by atoms with E-state index in [0.717, 1.165) is 10.4 Å². The first kappa shape index (κ1) is 14.9. The number of nitrogens with zero attached hydrogens (tertiary/aromatic N) is 2. The van der Waals surface area contributed by atoms with E-state index in [-0.39, 0.29) is 10.6 Å². The third-order valence-electron chi connectivity index (χ3n) is 3.32. The molecule has 1 heterocycles. The molecule has 1 aromatic carbocycles. The average molecular weight is 301 g/mol. The summed E-state index contributed by atoms with van der Waals surface area (Å²) in [4.78, 5) is 9.90. The molecule has 0 unspecified atom stereocenters. The van der Waals surface area contributed by atoms with Crippen LogP contribution in [0.15, 0.2) is 29.2 Å². The molecule has 1 fully saturated rings. The minimum atomic E-state index is -3.88. The van der Waals surface area contributed by atoms with Gasteiger partial charge in [0.1, 0.15) is 0 Å². The van der Waals surface area contributed by atoms with Crippen molar-refractivity contribution in [2.24, 2.45) is 0 Å². The second kappa shape index (κ2) is 5.44. The van der Waals surface area contributed by atoms with Crippen molar-refractivity contribution < 1.29 is 18.4 Å². The number of non-ortho nitro benzene ring substituents is 1. The molecule has 1 aromatic rings. The Kier molecular flexibility index (Phi) is 4.04. The summed E-state index contributed by atoms with van der Waals surface area (Å²) in [5.74, 6) is 0. The van der Waals surface area contributed by atoms with Crippen LogP contribution in [0.4, 0.5) is 5.69 Å². The van der Waals surface area contributed by atoms with E-state index in [1.54, 1.807) is 0 Å². The molecule has 20 heavy (non-hydrogen) atoms. The molecule has 0 aromatic heterocycles. The SMILES string of the molecule is CN([C@H]1CNC[C@@H]1O)S(=O)(=O)c1cccc([N+](=O)[O-])c1. The predicted molar refractivity (Wildman–Crippen MR) is 70.7 cm³/mol. The molecule has 110 valence electrons. The van der Waals surface area contributed by atoms with Crippen LogP contribution >= 0.6 is 0 Å². The van der Waals surface area contributed by atoms with Crippen LogP contribution in [0.5, 0.6) is 0 Å². The van der Waals surface area contributed by atoms with Gasteiger partial charge in [0.05, 0.1) is 22.0 Å². The summed E-state index contributed by atoms with van der Waals surface area (Å²) >= 11 is 0. The van der Waals surface area contributed by atoms with Gasteiger partial charge < -0.3 is 10.4 Å². The zero-order valence-electron chi connectivity index (χ0n) is 10.8. The minimum Gasteiger partial charge on any atom is -0.390 e. The number of rotatable bonds is 4. The van der Waals surface area contributed by atoms with Gasteiger partial charge in [0.15, 0.2) is 0 Å². The zero-order chi connectivity index (χ0) is 14.9. The lowest BCUT2D eigenvalue weighted by Gasteiger charge is -2.25. The van der Waals surface area contributed by atoms with Crippen molar-refractivity contribution in [2.75, 3.05) is 20.1 Å². The van der Waals surface area contributed by atoms with Crippen LogP contribution in [-0.2, 0) is 10.0 Å². The number of hydrogen-bond acceptors (Lipinski definition) is 6. The molecule has 0 radical (unpaired) electrons. The maximum atomic E-state index is 12.4. The number of β-amino-alcohol motifs (C(OH)–C–C–N with tert-alkyl or cyclic N) is 1. The van der Waals surface area contributed by atoms with E-state index in [1.807, 2.05) is 0 Å². The van der Waals surface area contributed by atoms with Gasteiger partial charge >= 0.3 is 0 Å². The third kappa shape index (κ3) is 2.66. The lowest BCUT2D eigenvalue weighted by atomic mass is 10.2. The van der Waals surface area contributed by atoms with Crippen molar-refractivity contribution in [3.05, 3.63) is 34.4 Å². The monoisotopic (exact) mass is 301 g/mol. The van der Waals surface area contributed by atoms with E-state index in [1.165, 1.54) is 25.2 Å². The lowest BCUT2D eigenvalue weighted by molar-refractivity contribution is -0.385. The van der Waals surface area contributed by atoms with Crippen LogP contribution in [0.25, 0.3) is 0 Å². The minimum absolute atomic E-state index is 0.159. The van der Waals surface area contributed by atoms with Crippen molar-refractivity contribution in [1.82, 2.24) is 9.62 Å². The highest BCUT2D eigenvalue weighted by Crippen LogP contribution is 2.23. The van der Waals surface area contributed by atoms with Crippen molar-refractivity contribution >= 4 is 15.7 Å². The summed E-state index contributed by atoms with van der Waals surface area (Å²) in [7, 11) is -2.53. The second-order valence-electron chi connectivity index (χ2n) is 4.57. The fourth-order valence-electron chi connectivity index (χ4n) is 2.12. The van der Waals surface area contributed by atoms with E-state index in [0.29, 0.717) is 13.1 Å². The van der Waals surface area contributed by atoms with Gasteiger partial charge in [-0.25, -0.2) is 8.42 Å². The Balaban J connectivity index is 2.34. The highest BCUT2D eigenvalue weighted by Gasteiger charge is 2.36. The molecule has 2 rings (SSSR count). The number of nitrogens with one attached hydrogen (secondary N) is 1. The van der Waals surface area contributed by atoms with E-state index in [2.05, 4.69) is 5.32 Å². The molecule has 1 aliphatic rings. The molecule has 0 aliphatic carbocycles. The molecule has 0 bridgehead atoms. The standard InChI is InChI=1S/C11H15N3O5S/c1-13(10-6-12-7-11(10)15)20(18,19)9-4-2-3-8(5-9)14(16)17/h2-5,10-12,15H,6-7H2,1H3/t10-,11-/m0/s1.